The number of anilines is 1. The summed E-state index contributed by atoms with van der Waals surface area (Å²) in [5.74, 6) is 1.64. The van der Waals surface area contributed by atoms with Crippen molar-refractivity contribution in [3.8, 4) is 0 Å². The van der Waals surface area contributed by atoms with E-state index in [2.05, 4.69) is 16.5 Å². The van der Waals surface area contributed by atoms with Gasteiger partial charge in [0.05, 0.1) is 23.5 Å². The molecule has 2 aromatic heterocycles. The van der Waals surface area contributed by atoms with Crippen molar-refractivity contribution in [1.82, 2.24) is 9.97 Å². The maximum Gasteiger partial charge on any atom is 0.142 e. The molecule has 1 aliphatic rings. The zero-order valence-electron chi connectivity index (χ0n) is 14.1. The van der Waals surface area contributed by atoms with Crippen LogP contribution >= 0.6 is 0 Å². The molecule has 1 saturated heterocycles. The molecule has 0 saturated carbocycles. The lowest BCUT2D eigenvalue weighted by molar-refractivity contribution is 0.208. The number of hydrogen-bond donors (Lipinski definition) is 1. The van der Waals surface area contributed by atoms with E-state index < -0.39 is 0 Å². The van der Waals surface area contributed by atoms with Gasteiger partial charge < -0.3 is 15.4 Å². The Morgan fingerprint density at radius 3 is 3.04 bits per heavy atom. The Morgan fingerprint density at radius 1 is 1.46 bits per heavy atom. The second-order valence-corrected chi connectivity index (χ2v) is 5.73. The minimum Gasteiger partial charge on any atom is -0.490 e. The predicted molar refractivity (Wildman–Crippen MR) is 97.4 cm³/mol. The van der Waals surface area contributed by atoms with Gasteiger partial charge in [-0.25, -0.2) is 4.98 Å². The van der Waals surface area contributed by atoms with E-state index in [9.17, 15) is 0 Å². The van der Waals surface area contributed by atoms with Crippen molar-refractivity contribution in [2.45, 2.75) is 20.4 Å². The molecule has 1 aliphatic heterocycles. The second kappa shape index (κ2) is 6.84. The molecule has 2 N–H and O–H groups in total. The number of pyridine rings is 2. The number of allylic oxidation sites excluding steroid dienone is 3. The third-order valence-corrected chi connectivity index (χ3v) is 4.10. The highest BCUT2D eigenvalue weighted by Gasteiger charge is 2.21. The number of rotatable bonds is 3. The van der Waals surface area contributed by atoms with Crippen LogP contribution in [0.15, 0.2) is 60.2 Å². The molecule has 0 atom stereocenters. The van der Waals surface area contributed by atoms with Crippen LogP contribution in [0.4, 0.5) is 5.82 Å². The molecule has 5 heteroatoms. The maximum absolute atomic E-state index is 5.76. The Bertz CT molecular complexity index is 838. The van der Waals surface area contributed by atoms with Gasteiger partial charge in [0, 0.05) is 18.1 Å². The lowest BCUT2D eigenvalue weighted by atomic mass is 10.2. The summed E-state index contributed by atoms with van der Waals surface area (Å²) in [6, 6.07) is 5.94. The van der Waals surface area contributed by atoms with Crippen molar-refractivity contribution in [3.63, 3.8) is 0 Å². The smallest absolute Gasteiger partial charge is 0.142 e. The normalized spacial score (nSPS) is 17.5. The van der Waals surface area contributed by atoms with Crippen LogP contribution < -0.4 is 10.6 Å². The van der Waals surface area contributed by atoms with Crippen LogP contribution in [0.2, 0.25) is 0 Å². The first-order valence-electron chi connectivity index (χ1n) is 8.02. The molecule has 0 amide bonds. The van der Waals surface area contributed by atoms with Gasteiger partial charge in [-0.3, -0.25) is 4.98 Å². The summed E-state index contributed by atoms with van der Waals surface area (Å²) in [6.07, 6.45) is 5.85. The van der Waals surface area contributed by atoms with Gasteiger partial charge in [-0.15, -0.1) is 0 Å². The van der Waals surface area contributed by atoms with Crippen LogP contribution in [-0.2, 0) is 11.3 Å². The zero-order valence-corrected chi connectivity index (χ0v) is 14.1. The monoisotopic (exact) mass is 322 g/mol. The molecule has 0 unspecified atom stereocenters. The number of fused-ring (bicyclic) bond motifs is 1. The second-order valence-electron chi connectivity index (χ2n) is 5.73. The topological polar surface area (TPSA) is 64.3 Å². The van der Waals surface area contributed by atoms with E-state index in [0.717, 1.165) is 46.0 Å². The zero-order chi connectivity index (χ0) is 17.1. The van der Waals surface area contributed by atoms with Crippen molar-refractivity contribution in [2.24, 2.45) is 5.73 Å². The molecule has 0 aliphatic carbocycles. The maximum atomic E-state index is 5.76. The van der Waals surface area contributed by atoms with E-state index in [-0.39, 0.29) is 0 Å². The predicted octanol–water partition coefficient (Wildman–Crippen LogP) is 3.29. The van der Waals surface area contributed by atoms with Crippen molar-refractivity contribution in [2.75, 3.05) is 18.1 Å². The summed E-state index contributed by atoms with van der Waals surface area (Å²) >= 11 is 0. The van der Waals surface area contributed by atoms with E-state index >= 15 is 0 Å². The van der Waals surface area contributed by atoms with Crippen LogP contribution in [0.25, 0.3) is 10.9 Å². The van der Waals surface area contributed by atoms with Crippen molar-refractivity contribution in [3.05, 3.63) is 65.9 Å². The number of hydrogen-bond acceptors (Lipinski definition) is 5. The number of nitrogens with two attached hydrogens (primary N) is 1. The molecular formula is C19H22N4O. The van der Waals surface area contributed by atoms with Crippen molar-refractivity contribution >= 4 is 16.7 Å². The van der Waals surface area contributed by atoms with E-state index in [1.807, 2.05) is 50.4 Å². The van der Waals surface area contributed by atoms with Gasteiger partial charge in [-0.05, 0) is 38.1 Å². The van der Waals surface area contributed by atoms with Crippen LogP contribution in [-0.4, -0.2) is 23.1 Å². The van der Waals surface area contributed by atoms with Gasteiger partial charge in [-0.1, -0.05) is 18.2 Å². The number of ether oxygens (including phenoxy) is 1. The third kappa shape index (κ3) is 3.16. The largest absolute Gasteiger partial charge is 0.490 e. The summed E-state index contributed by atoms with van der Waals surface area (Å²) in [7, 11) is 0. The van der Waals surface area contributed by atoms with E-state index in [1.165, 1.54) is 0 Å². The molecule has 3 rings (SSSR count). The van der Waals surface area contributed by atoms with Crippen molar-refractivity contribution < 1.29 is 4.74 Å². The third-order valence-electron chi connectivity index (χ3n) is 4.10. The molecule has 24 heavy (non-hydrogen) atoms. The highest BCUT2D eigenvalue weighted by Crippen LogP contribution is 2.27. The first-order valence-corrected chi connectivity index (χ1v) is 8.02. The number of aromatic nitrogens is 2. The minimum absolute atomic E-state index is 0.404. The summed E-state index contributed by atoms with van der Waals surface area (Å²) in [4.78, 5) is 11.2. The fourth-order valence-electron chi connectivity index (χ4n) is 2.58. The van der Waals surface area contributed by atoms with Crippen LogP contribution in [0, 0.1) is 0 Å². The minimum atomic E-state index is 0.404. The molecule has 0 bridgehead atoms. The molecule has 5 nitrogen and oxygen atoms in total. The Labute approximate surface area is 142 Å². The lowest BCUT2D eigenvalue weighted by Crippen LogP contribution is -2.33. The summed E-state index contributed by atoms with van der Waals surface area (Å²) < 4.78 is 5.76. The van der Waals surface area contributed by atoms with Crippen LogP contribution in [0.1, 0.15) is 19.5 Å². The standard InChI is InChI=1S/C19H22N4O/c1-4-13(2)9-18-14(3)23(7-8-24-18)19-6-5-15-12-21-16(11-20)10-17(15)22-19/h4-6,9-10,12H,3,7-8,11,20H2,1-2H3/b13-4-,18-9+. The SMILES string of the molecule is C=C1/C(=C\C(C)=C/C)OCCN1c1ccc2cnc(CN)cc2n1. The van der Waals surface area contributed by atoms with Crippen molar-refractivity contribution in [1.29, 1.82) is 0 Å². The highest BCUT2D eigenvalue weighted by atomic mass is 16.5. The molecule has 0 aromatic carbocycles. The van der Waals surface area contributed by atoms with Gasteiger partial charge in [0.1, 0.15) is 18.2 Å². The quantitative estimate of drug-likeness (QED) is 0.939. The molecule has 124 valence electrons. The Hall–Kier alpha value is -2.66. The summed E-state index contributed by atoms with van der Waals surface area (Å²) in [6.45, 7) is 9.96. The molecule has 0 spiro atoms. The molecular weight excluding hydrogens is 300 g/mol. The fourth-order valence-corrected chi connectivity index (χ4v) is 2.58. The molecule has 2 aromatic rings. The fraction of sp³-hybridized carbons (Fsp3) is 0.263. The highest BCUT2D eigenvalue weighted by molar-refractivity contribution is 5.80. The Balaban J connectivity index is 1.96. The van der Waals surface area contributed by atoms with Crippen LogP contribution in [0.5, 0.6) is 0 Å². The molecule has 0 radical (unpaired) electrons. The van der Waals surface area contributed by atoms with Crippen LogP contribution in [0.3, 0.4) is 0 Å². The number of morpholine rings is 1. The average Bonchev–Trinajstić information content (AvgIpc) is 2.62. The first kappa shape index (κ1) is 16.2. The Morgan fingerprint density at radius 2 is 2.29 bits per heavy atom. The van der Waals surface area contributed by atoms with Gasteiger partial charge >= 0.3 is 0 Å². The van der Waals surface area contributed by atoms with Gasteiger partial charge in [0.2, 0.25) is 0 Å². The average molecular weight is 322 g/mol. The van der Waals surface area contributed by atoms with Gasteiger partial charge in [0.15, 0.2) is 0 Å². The Kier molecular flexibility index (Phi) is 4.62. The van der Waals surface area contributed by atoms with E-state index in [1.54, 1.807) is 0 Å². The van der Waals surface area contributed by atoms with Gasteiger partial charge in [-0.2, -0.15) is 0 Å². The molecule has 3 heterocycles. The first-order chi connectivity index (χ1) is 11.6. The molecule has 1 fully saturated rings. The summed E-state index contributed by atoms with van der Waals surface area (Å²) in [5.41, 5.74) is 9.35. The number of nitrogens with zero attached hydrogens (tertiary/aromatic N) is 3. The van der Waals surface area contributed by atoms with Gasteiger partial charge in [0.25, 0.3) is 0 Å². The lowest BCUT2D eigenvalue weighted by Gasteiger charge is -2.32. The van der Waals surface area contributed by atoms with E-state index in [0.29, 0.717) is 13.2 Å². The van der Waals surface area contributed by atoms with E-state index in [4.69, 9.17) is 15.5 Å². The summed E-state index contributed by atoms with van der Waals surface area (Å²) in [5, 5.41) is 0.996.